The molecule has 8 rings (SSSR count). The summed E-state index contributed by atoms with van der Waals surface area (Å²) in [5.41, 5.74) is 5.56. The van der Waals surface area contributed by atoms with Crippen molar-refractivity contribution in [1.82, 2.24) is 14.4 Å². The summed E-state index contributed by atoms with van der Waals surface area (Å²) in [6, 6.07) is 44.3. The van der Waals surface area contributed by atoms with Gasteiger partial charge in [0.05, 0.1) is 27.6 Å². The Morgan fingerprint density at radius 2 is 1.18 bits per heavy atom. The van der Waals surface area contributed by atoms with Gasteiger partial charge in [-0.05, 0) is 36.4 Å². The number of rotatable bonds is 3. The van der Waals surface area contributed by atoms with E-state index >= 15 is 4.57 Å². The summed E-state index contributed by atoms with van der Waals surface area (Å²) < 4.78 is 17.3. The van der Waals surface area contributed by atoms with E-state index in [1.54, 1.807) is 0 Å². The number of hydrogen-bond acceptors (Lipinski definition) is 3. The molecule has 0 N–H and O–H groups in total. The highest BCUT2D eigenvalue weighted by Gasteiger charge is 2.30. The Labute approximate surface area is 224 Å². The van der Waals surface area contributed by atoms with Crippen LogP contribution in [0.4, 0.5) is 0 Å². The van der Waals surface area contributed by atoms with E-state index < -0.39 is 7.14 Å². The van der Waals surface area contributed by atoms with Crippen molar-refractivity contribution in [3.05, 3.63) is 133 Å². The molecular formula is C34H22N3OP. The van der Waals surface area contributed by atoms with Crippen LogP contribution in [0.25, 0.3) is 49.4 Å². The zero-order valence-corrected chi connectivity index (χ0v) is 21.8. The topological polar surface area (TPSA) is 47.3 Å². The molecule has 0 amide bonds. The number of imidazole rings is 1. The normalized spacial score (nSPS) is 12.2. The predicted molar refractivity (Wildman–Crippen MR) is 162 cm³/mol. The van der Waals surface area contributed by atoms with Crippen molar-refractivity contribution in [3.8, 4) is 0 Å². The summed E-state index contributed by atoms with van der Waals surface area (Å²) in [6.07, 6.45) is 0. The molecule has 5 heteroatoms. The molecule has 8 aromatic rings. The van der Waals surface area contributed by atoms with Crippen molar-refractivity contribution in [2.75, 3.05) is 0 Å². The van der Waals surface area contributed by atoms with Crippen molar-refractivity contribution >= 4 is 72.4 Å². The van der Waals surface area contributed by atoms with Gasteiger partial charge < -0.3 is 4.57 Å². The van der Waals surface area contributed by atoms with Crippen LogP contribution in [0.15, 0.2) is 133 Å². The lowest BCUT2D eigenvalue weighted by molar-refractivity contribution is 0.592. The third-order valence-electron chi connectivity index (χ3n) is 7.61. The monoisotopic (exact) mass is 519 g/mol. The highest BCUT2D eigenvalue weighted by Crippen LogP contribution is 2.43. The van der Waals surface area contributed by atoms with Gasteiger partial charge >= 0.3 is 0 Å². The van der Waals surface area contributed by atoms with Crippen molar-refractivity contribution < 1.29 is 4.57 Å². The second-order valence-electron chi connectivity index (χ2n) is 9.82. The van der Waals surface area contributed by atoms with Gasteiger partial charge in [0.25, 0.3) is 0 Å². The van der Waals surface area contributed by atoms with E-state index in [1.807, 2.05) is 103 Å². The van der Waals surface area contributed by atoms with E-state index in [4.69, 9.17) is 9.97 Å². The first-order valence-electron chi connectivity index (χ1n) is 13.0. The molecule has 0 aliphatic carbocycles. The van der Waals surface area contributed by atoms with Gasteiger partial charge in [0.1, 0.15) is 5.65 Å². The van der Waals surface area contributed by atoms with E-state index in [0.29, 0.717) is 0 Å². The maximum Gasteiger partial charge on any atom is 0.171 e. The van der Waals surface area contributed by atoms with Gasteiger partial charge in [-0.1, -0.05) is 97.1 Å². The van der Waals surface area contributed by atoms with Crippen molar-refractivity contribution in [2.24, 2.45) is 0 Å². The first-order chi connectivity index (χ1) is 19.2. The Morgan fingerprint density at radius 1 is 0.513 bits per heavy atom. The van der Waals surface area contributed by atoms with E-state index in [-0.39, 0.29) is 0 Å². The molecule has 0 atom stereocenters. The number of aromatic nitrogens is 3. The Kier molecular flexibility index (Phi) is 4.76. The molecule has 3 heterocycles. The summed E-state index contributed by atoms with van der Waals surface area (Å²) in [5, 5.41) is 5.55. The molecule has 0 aliphatic rings. The van der Waals surface area contributed by atoms with Gasteiger partial charge in [-0.25, -0.2) is 9.97 Å². The van der Waals surface area contributed by atoms with Crippen LogP contribution < -0.4 is 15.9 Å². The van der Waals surface area contributed by atoms with Gasteiger partial charge in [0.2, 0.25) is 0 Å². The van der Waals surface area contributed by atoms with E-state index in [9.17, 15) is 0 Å². The van der Waals surface area contributed by atoms with Crippen LogP contribution >= 0.6 is 7.14 Å². The lowest BCUT2D eigenvalue weighted by Gasteiger charge is -2.20. The minimum Gasteiger partial charge on any atom is -0.309 e. The first-order valence-corrected chi connectivity index (χ1v) is 14.7. The fourth-order valence-electron chi connectivity index (χ4n) is 5.77. The Balaban J connectivity index is 1.51. The third-order valence-corrected chi connectivity index (χ3v) is 10.7. The molecular weight excluding hydrogens is 497 g/mol. The SMILES string of the molecule is O=P(c1ccccc1)(c1ccccc1)c1ccc2nc3c4cc5ccccc5nc4c4ccccc4n3c2c1. The minimum atomic E-state index is -3.13. The van der Waals surface area contributed by atoms with Crippen molar-refractivity contribution in [3.63, 3.8) is 0 Å². The smallest absolute Gasteiger partial charge is 0.171 e. The largest absolute Gasteiger partial charge is 0.309 e. The van der Waals surface area contributed by atoms with Gasteiger partial charge in [-0.3, -0.25) is 4.40 Å². The second-order valence-corrected chi connectivity index (χ2v) is 12.6. The number of pyridine rings is 2. The molecule has 0 aliphatic heterocycles. The third kappa shape index (κ3) is 3.22. The van der Waals surface area contributed by atoms with E-state index in [2.05, 4.69) is 34.7 Å². The van der Waals surface area contributed by atoms with Gasteiger partial charge in [0.15, 0.2) is 7.14 Å². The molecule has 5 aromatic carbocycles. The summed E-state index contributed by atoms with van der Waals surface area (Å²) in [7, 11) is -3.13. The molecule has 3 aromatic heterocycles. The summed E-state index contributed by atoms with van der Waals surface area (Å²) >= 11 is 0. The molecule has 0 spiro atoms. The highest BCUT2D eigenvalue weighted by atomic mass is 31.2. The fraction of sp³-hybridized carbons (Fsp3) is 0. The average Bonchev–Trinajstić information content (AvgIpc) is 3.40. The maximum atomic E-state index is 15.1. The molecule has 0 bridgehead atoms. The molecule has 39 heavy (non-hydrogen) atoms. The lowest BCUT2D eigenvalue weighted by atomic mass is 10.1. The van der Waals surface area contributed by atoms with Gasteiger partial charge in [-0.2, -0.15) is 0 Å². The maximum absolute atomic E-state index is 15.1. The Hall–Kier alpha value is -4.79. The van der Waals surface area contributed by atoms with Crippen LogP contribution in [0.1, 0.15) is 0 Å². The molecule has 0 saturated carbocycles. The minimum absolute atomic E-state index is 0.787. The number of fused-ring (bicyclic) bond motifs is 9. The van der Waals surface area contributed by atoms with Crippen molar-refractivity contribution in [2.45, 2.75) is 0 Å². The van der Waals surface area contributed by atoms with E-state index in [1.165, 1.54) is 0 Å². The van der Waals surface area contributed by atoms with Crippen LogP contribution in [0, 0.1) is 0 Å². The zero-order chi connectivity index (χ0) is 26.0. The Bertz CT molecular complexity index is 2210. The summed E-state index contributed by atoms with van der Waals surface area (Å²) in [6.45, 7) is 0. The van der Waals surface area contributed by atoms with Crippen LogP contribution in [-0.2, 0) is 4.57 Å². The van der Waals surface area contributed by atoms with Crippen LogP contribution in [0.5, 0.6) is 0 Å². The zero-order valence-electron chi connectivity index (χ0n) is 20.9. The fourth-order valence-corrected chi connectivity index (χ4v) is 8.43. The van der Waals surface area contributed by atoms with Gasteiger partial charge in [0, 0.05) is 32.1 Å². The van der Waals surface area contributed by atoms with Crippen LogP contribution in [0.3, 0.4) is 0 Å². The number of para-hydroxylation sites is 2. The average molecular weight is 520 g/mol. The quantitative estimate of drug-likeness (QED) is 0.144. The number of hydrogen-bond donors (Lipinski definition) is 0. The molecule has 184 valence electrons. The summed E-state index contributed by atoms with van der Waals surface area (Å²) in [4.78, 5) is 10.2. The van der Waals surface area contributed by atoms with Crippen LogP contribution in [-0.4, -0.2) is 14.4 Å². The van der Waals surface area contributed by atoms with Gasteiger partial charge in [-0.15, -0.1) is 0 Å². The summed E-state index contributed by atoms with van der Waals surface area (Å²) in [5.74, 6) is 0. The highest BCUT2D eigenvalue weighted by molar-refractivity contribution is 7.85. The number of benzene rings is 5. The molecule has 0 unspecified atom stereocenters. The lowest BCUT2D eigenvalue weighted by Crippen LogP contribution is -2.24. The van der Waals surface area contributed by atoms with Crippen LogP contribution in [0.2, 0.25) is 0 Å². The standard InChI is InChI=1S/C34H22N3OP/c38-39(24-12-3-1-4-13-24,25-14-5-2-6-15-25)26-19-20-30-32(22-26)37-31-18-10-8-16-27(31)33-28(34(37)36-30)21-23-11-7-9-17-29(23)35-33/h1-22H. The molecule has 0 saturated heterocycles. The predicted octanol–water partition coefficient (Wildman–Crippen LogP) is 6.98. The van der Waals surface area contributed by atoms with Crippen molar-refractivity contribution in [1.29, 1.82) is 0 Å². The molecule has 0 radical (unpaired) electrons. The molecule has 0 fully saturated rings. The Morgan fingerprint density at radius 3 is 1.95 bits per heavy atom. The second kappa shape index (κ2) is 8.36. The molecule has 4 nitrogen and oxygen atoms in total. The van der Waals surface area contributed by atoms with E-state index in [0.717, 1.165) is 65.3 Å². The first kappa shape index (κ1) is 22.2. The number of nitrogens with zero attached hydrogens (tertiary/aromatic N) is 3.